The van der Waals surface area contributed by atoms with Crippen LogP contribution in [0, 0.1) is 0 Å². The van der Waals surface area contributed by atoms with Gasteiger partial charge in [0.25, 0.3) is 5.91 Å². The smallest absolute Gasteiger partial charge is 0.323 e. The van der Waals surface area contributed by atoms with E-state index in [1.165, 1.54) is 4.90 Å². The fourth-order valence-electron chi connectivity index (χ4n) is 1.43. The molecule has 1 rings (SSSR count). The van der Waals surface area contributed by atoms with Gasteiger partial charge in [-0.2, -0.15) is 5.10 Å². The van der Waals surface area contributed by atoms with Crippen molar-refractivity contribution in [1.82, 2.24) is 10.3 Å². The average molecular weight is 241 g/mol. The first-order valence-electron chi connectivity index (χ1n) is 5.30. The Morgan fingerprint density at radius 3 is 2.53 bits per heavy atom. The standard InChI is InChI=1S/C10H15N3O4/c1-6(2)13(5-9(15)16)10(17)7-3-4-8(14)12-11-7/h6H,3-5H2,1-2H3,(H,12,14)(H,15,16). The first kappa shape index (κ1) is 13.1. The molecule has 1 heterocycles. The van der Waals surface area contributed by atoms with Crippen LogP contribution in [0.2, 0.25) is 0 Å². The second-order valence-corrected chi connectivity index (χ2v) is 4.01. The summed E-state index contributed by atoms with van der Waals surface area (Å²) in [6.45, 7) is 3.08. The van der Waals surface area contributed by atoms with Crippen LogP contribution >= 0.6 is 0 Å². The maximum atomic E-state index is 12.0. The van der Waals surface area contributed by atoms with Crippen LogP contribution in [0.4, 0.5) is 0 Å². The van der Waals surface area contributed by atoms with Gasteiger partial charge in [0, 0.05) is 18.9 Å². The zero-order valence-electron chi connectivity index (χ0n) is 9.77. The molecule has 2 N–H and O–H groups in total. The Bertz CT molecular complexity index is 376. The Kier molecular flexibility index (Phi) is 4.19. The largest absolute Gasteiger partial charge is 0.480 e. The number of hydrogen-bond acceptors (Lipinski definition) is 4. The molecule has 0 saturated heterocycles. The molecule has 0 fully saturated rings. The number of amides is 2. The molecule has 1 aliphatic rings. The van der Waals surface area contributed by atoms with Gasteiger partial charge in [-0.1, -0.05) is 0 Å². The van der Waals surface area contributed by atoms with E-state index < -0.39 is 11.9 Å². The lowest BCUT2D eigenvalue weighted by atomic mass is 10.1. The number of carbonyl (C=O) groups is 3. The van der Waals surface area contributed by atoms with Crippen molar-refractivity contribution in [2.24, 2.45) is 5.10 Å². The number of hydrazone groups is 1. The van der Waals surface area contributed by atoms with E-state index in [0.717, 1.165) is 0 Å². The van der Waals surface area contributed by atoms with Crippen LogP contribution in [0.1, 0.15) is 26.7 Å². The third kappa shape index (κ3) is 3.54. The van der Waals surface area contributed by atoms with E-state index >= 15 is 0 Å². The van der Waals surface area contributed by atoms with Gasteiger partial charge in [-0.15, -0.1) is 0 Å². The van der Waals surface area contributed by atoms with Crippen LogP contribution in [0.3, 0.4) is 0 Å². The summed E-state index contributed by atoms with van der Waals surface area (Å²) in [5.74, 6) is -1.76. The maximum absolute atomic E-state index is 12.0. The van der Waals surface area contributed by atoms with Gasteiger partial charge in [0.05, 0.1) is 0 Å². The molecular weight excluding hydrogens is 226 g/mol. The summed E-state index contributed by atoms with van der Waals surface area (Å²) in [5, 5.41) is 12.4. The molecule has 7 nitrogen and oxygen atoms in total. The van der Waals surface area contributed by atoms with Gasteiger partial charge < -0.3 is 10.0 Å². The lowest BCUT2D eigenvalue weighted by Gasteiger charge is -2.26. The van der Waals surface area contributed by atoms with E-state index in [1.807, 2.05) is 0 Å². The van der Waals surface area contributed by atoms with Crippen molar-refractivity contribution >= 4 is 23.5 Å². The van der Waals surface area contributed by atoms with Crippen LogP contribution in [-0.2, 0) is 14.4 Å². The number of nitrogens with zero attached hydrogens (tertiary/aromatic N) is 2. The van der Waals surface area contributed by atoms with Crippen molar-refractivity contribution in [3.05, 3.63) is 0 Å². The predicted octanol–water partition coefficient (Wildman–Crippen LogP) is -0.426. The molecule has 0 aromatic rings. The van der Waals surface area contributed by atoms with E-state index in [4.69, 9.17) is 5.11 Å². The Labute approximate surface area is 98.5 Å². The van der Waals surface area contributed by atoms with Gasteiger partial charge in [-0.3, -0.25) is 14.4 Å². The Hall–Kier alpha value is -1.92. The van der Waals surface area contributed by atoms with Crippen molar-refractivity contribution in [1.29, 1.82) is 0 Å². The topological polar surface area (TPSA) is 99.1 Å². The fourth-order valence-corrected chi connectivity index (χ4v) is 1.43. The number of aliphatic carboxylic acids is 1. The molecule has 0 atom stereocenters. The van der Waals surface area contributed by atoms with Crippen LogP contribution in [-0.4, -0.2) is 46.1 Å². The van der Waals surface area contributed by atoms with E-state index in [1.54, 1.807) is 13.8 Å². The summed E-state index contributed by atoms with van der Waals surface area (Å²) in [6.07, 6.45) is 0.442. The van der Waals surface area contributed by atoms with Crippen LogP contribution in [0.15, 0.2) is 5.10 Å². The number of carboxylic acids is 1. The lowest BCUT2D eigenvalue weighted by Crippen LogP contribution is -2.46. The van der Waals surface area contributed by atoms with Gasteiger partial charge >= 0.3 is 5.97 Å². The SMILES string of the molecule is CC(C)N(CC(=O)O)C(=O)C1=NNC(=O)CC1. The zero-order chi connectivity index (χ0) is 13.0. The van der Waals surface area contributed by atoms with E-state index in [-0.39, 0.29) is 37.0 Å². The average Bonchev–Trinajstić information content (AvgIpc) is 2.25. The van der Waals surface area contributed by atoms with Gasteiger partial charge in [0.15, 0.2) is 0 Å². The molecule has 0 spiro atoms. The van der Waals surface area contributed by atoms with Gasteiger partial charge in [-0.05, 0) is 13.8 Å². The lowest BCUT2D eigenvalue weighted by molar-refractivity contribution is -0.143. The summed E-state index contributed by atoms with van der Waals surface area (Å²) in [4.78, 5) is 34.7. The molecular formula is C10H15N3O4. The monoisotopic (exact) mass is 241 g/mol. The second-order valence-electron chi connectivity index (χ2n) is 4.01. The Morgan fingerprint density at radius 1 is 1.47 bits per heavy atom. The molecule has 0 unspecified atom stereocenters. The minimum Gasteiger partial charge on any atom is -0.480 e. The molecule has 17 heavy (non-hydrogen) atoms. The van der Waals surface area contributed by atoms with Gasteiger partial charge in [0.2, 0.25) is 5.91 Å². The highest BCUT2D eigenvalue weighted by atomic mass is 16.4. The number of hydrogen-bond donors (Lipinski definition) is 2. The van der Waals surface area contributed by atoms with Crippen LogP contribution in [0.25, 0.3) is 0 Å². The zero-order valence-corrected chi connectivity index (χ0v) is 9.77. The Morgan fingerprint density at radius 2 is 2.12 bits per heavy atom. The van der Waals surface area contributed by atoms with Gasteiger partial charge in [0.1, 0.15) is 12.3 Å². The maximum Gasteiger partial charge on any atom is 0.323 e. The second kappa shape index (κ2) is 5.42. The third-order valence-electron chi connectivity index (χ3n) is 2.34. The summed E-state index contributed by atoms with van der Waals surface area (Å²) in [7, 11) is 0. The summed E-state index contributed by atoms with van der Waals surface area (Å²) < 4.78 is 0. The van der Waals surface area contributed by atoms with Gasteiger partial charge in [-0.25, -0.2) is 5.43 Å². The van der Waals surface area contributed by atoms with Crippen molar-refractivity contribution in [3.63, 3.8) is 0 Å². The van der Waals surface area contributed by atoms with Crippen molar-refractivity contribution in [2.45, 2.75) is 32.7 Å². The number of carboxylic acid groups (broad SMARTS) is 1. The number of nitrogens with one attached hydrogen (secondary N) is 1. The fraction of sp³-hybridized carbons (Fsp3) is 0.600. The highest BCUT2D eigenvalue weighted by Gasteiger charge is 2.26. The van der Waals surface area contributed by atoms with Crippen molar-refractivity contribution in [2.75, 3.05) is 6.54 Å². The molecule has 1 aliphatic heterocycles. The normalized spacial score (nSPS) is 15.2. The number of carbonyl (C=O) groups excluding carboxylic acids is 2. The van der Waals surface area contributed by atoms with Crippen molar-refractivity contribution in [3.8, 4) is 0 Å². The van der Waals surface area contributed by atoms with E-state index in [0.29, 0.717) is 0 Å². The molecule has 0 radical (unpaired) electrons. The molecule has 2 amide bonds. The minimum atomic E-state index is -1.08. The molecule has 0 aromatic heterocycles. The van der Waals surface area contributed by atoms with E-state index in [9.17, 15) is 14.4 Å². The highest BCUT2D eigenvalue weighted by molar-refractivity contribution is 6.39. The summed E-state index contributed by atoms with van der Waals surface area (Å²) in [6, 6.07) is -0.237. The molecule has 0 aromatic carbocycles. The third-order valence-corrected chi connectivity index (χ3v) is 2.34. The molecule has 7 heteroatoms. The quantitative estimate of drug-likeness (QED) is 0.697. The molecule has 0 saturated carbocycles. The number of rotatable bonds is 4. The predicted molar refractivity (Wildman–Crippen MR) is 59.3 cm³/mol. The summed E-state index contributed by atoms with van der Waals surface area (Å²) in [5.41, 5.74) is 2.41. The molecule has 0 bridgehead atoms. The Balaban J connectivity index is 2.78. The highest BCUT2D eigenvalue weighted by Crippen LogP contribution is 2.06. The molecule has 0 aliphatic carbocycles. The molecule has 94 valence electrons. The van der Waals surface area contributed by atoms with Crippen molar-refractivity contribution < 1.29 is 19.5 Å². The first-order valence-corrected chi connectivity index (χ1v) is 5.30. The summed E-state index contributed by atoms with van der Waals surface area (Å²) >= 11 is 0. The van der Waals surface area contributed by atoms with E-state index in [2.05, 4.69) is 10.5 Å². The first-order chi connectivity index (χ1) is 7.91. The van der Waals surface area contributed by atoms with Crippen LogP contribution in [0.5, 0.6) is 0 Å². The minimum absolute atomic E-state index is 0.194. The van der Waals surface area contributed by atoms with Crippen LogP contribution < -0.4 is 5.43 Å².